The van der Waals surface area contributed by atoms with Crippen molar-refractivity contribution in [3.8, 4) is 136 Å². The van der Waals surface area contributed by atoms with E-state index >= 15 is 0 Å². The highest BCUT2D eigenvalue weighted by Gasteiger charge is 2.53. The second-order valence-electron chi connectivity index (χ2n) is 29.0. The molecular formula is C100H60N6O2. The highest BCUT2D eigenvalue weighted by molar-refractivity contribution is 5.93. The van der Waals surface area contributed by atoms with Gasteiger partial charge in [0.25, 0.3) is 0 Å². The molecule has 17 aromatic rings. The van der Waals surface area contributed by atoms with E-state index in [0.29, 0.717) is 34.9 Å². The van der Waals surface area contributed by atoms with E-state index in [9.17, 15) is 0 Å². The van der Waals surface area contributed by atoms with Crippen LogP contribution in [-0.2, 0) is 10.8 Å². The molecule has 0 fully saturated rings. The maximum absolute atomic E-state index is 6.69. The number of hydrogen-bond acceptors (Lipinski definition) is 8. The Morgan fingerprint density at radius 1 is 0.176 bits per heavy atom. The number of benzene rings is 15. The van der Waals surface area contributed by atoms with Crippen molar-refractivity contribution in [2.45, 2.75) is 22.7 Å². The molecule has 2 aromatic heterocycles. The zero-order chi connectivity index (χ0) is 70.8. The lowest BCUT2D eigenvalue weighted by Gasteiger charge is -2.42. The molecule has 2 unspecified atom stereocenters. The minimum atomic E-state index is -0.593. The molecule has 2 atom stereocenters. The summed E-state index contributed by atoms with van der Waals surface area (Å²) in [7, 11) is 0. The summed E-state index contributed by atoms with van der Waals surface area (Å²) in [6.45, 7) is 0. The van der Waals surface area contributed by atoms with Crippen LogP contribution in [0.5, 0.6) is 23.0 Å². The van der Waals surface area contributed by atoms with Gasteiger partial charge in [0.05, 0.1) is 10.8 Å². The van der Waals surface area contributed by atoms with E-state index in [1.807, 2.05) is 36.4 Å². The van der Waals surface area contributed by atoms with Gasteiger partial charge in [-0.15, -0.1) is 0 Å². The van der Waals surface area contributed by atoms with Gasteiger partial charge in [0.1, 0.15) is 23.0 Å². The summed E-state index contributed by atoms with van der Waals surface area (Å²) in [5.41, 5.74) is 30.6. The normalized spacial score (nSPS) is 15.1. The van der Waals surface area contributed by atoms with Gasteiger partial charge in [-0.05, 0) is 161 Å². The largest absolute Gasteiger partial charge is 0.457 e. The lowest BCUT2D eigenvalue weighted by atomic mass is 9.61. The Balaban J connectivity index is 0.611. The third kappa shape index (κ3) is 8.74. The molecule has 0 radical (unpaired) electrons. The van der Waals surface area contributed by atoms with Gasteiger partial charge in [-0.2, -0.15) is 0 Å². The van der Waals surface area contributed by atoms with Gasteiger partial charge < -0.3 is 9.47 Å². The maximum Gasteiger partial charge on any atom is 0.164 e. The van der Waals surface area contributed by atoms with Crippen molar-refractivity contribution >= 4 is 0 Å². The molecule has 0 saturated heterocycles. The number of rotatable bonds is 8. The third-order valence-electron chi connectivity index (χ3n) is 23.5. The molecule has 108 heavy (non-hydrogen) atoms. The Kier molecular flexibility index (Phi) is 13.0. The summed E-state index contributed by atoms with van der Waals surface area (Å²) in [6.07, 6.45) is 0. The van der Waals surface area contributed by atoms with Gasteiger partial charge in [0.15, 0.2) is 34.9 Å². The van der Waals surface area contributed by atoms with Gasteiger partial charge >= 0.3 is 0 Å². The molecule has 7 aliphatic rings. The Morgan fingerprint density at radius 2 is 0.444 bits per heavy atom. The highest BCUT2D eigenvalue weighted by Crippen LogP contribution is 2.65. The van der Waals surface area contributed by atoms with Gasteiger partial charge in [-0.25, -0.2) is 29.9 Å². The van der Waals surface area contributed by atoms with Crippen molar-refractivity contribution in [2.24, 2.45) is 0 Å². The summed E-state index contributed by atoms with van der Waals surface area (Å²) in [5.74, 6) is 6.97. The molecule has 8 heteroatoms. The van der Waals surface area contributed by atoms with Crippen LogP contribution in [0, 0.1) is 0 Å². The zero-order valence-electron chi connectivity index (χ0n) is 58.1. The Labute approximate surface area is 623 Å². The Bertz CT molecular complexity index is 6190. The fourth-order valence-electron chi connectivity index (χ4n) is 18.9. The fourth-order valence-corrected chi connectivity index (χ4v) is 18.9. The first kappa shape index (κ1) is 60.3. The van der Waals surface area contributed by atoms with Crippen LogP contribution in [0.1, 0.15) is 89.7 Å². The van der Waals surface area contributed by atoms with Gasteiger partial charge in [0.2, 0.25) is 0 Å². The molecule has 4 heterocycles. The summed E-state index contributed by atoms with van der Waals surface area (Å²) >= 11 is 0. The molecule has 8 nitrogen and oxygen atoms in total. The van der Waals surface area contributed by atoms with Crippen molar-refractivity contribution in [1.29, 1.82) is 0 Å². The van der Waals surface area contributed by atoms with Crippen LogP contribution in [0.4, 0.5) is 0 Å². The summed E-state index contributed by atoms with van der Waals surface area (Å²) in [4.78, 5) is 32.2. The van der Waals surface area contributed by atoms with E-state index in [2.05, 4.69) is 315 Å². The van der Waals surface area contributed by atoms with Crippen molar-refractivity contribution < 1.29 is 9.47 Å². The predicted octanol–water partition coefficient (Wildman–Crippen LogP) is 23.3. The first-order valence-electron chi connectivity index (χ1n) is 36.9. The molecule has 5 aliphatic carbocycles. The lowest BCUT2D eigenvalue weighted by Crippen LogP contribution is -2.32. The Hall–Kier alpha value is -14.1. The molecular weight excluding hydrogens is 1320 g/mol. The van der Waals surface area contributed by atoms with E-state index in [1.165, 1.54) is 77.9 Å². The van der Waals surface area contributed by atoms with E-state index in [4.69, 9.17) is 39.4 Å². The molecule has 2 bridgehead atoms. The molecule has 24 rings (SSSR count). The third-order valence-corrected chi connectivity index (χ3v) is 23.5. The number of ether oxygens (including phenoxy) is 2. The second kappa shape index (κ2) is 23.2. The van der Waals surface area contributed by atoms with E-state index in [-0.39, 0.29) is 11.8 Å². The summed E-state index contributed by atoms with van der Waals surface area (Å²) < 4.78 is 13.4. The number of fused-ring (bicyclic) bond motifs is 18. The molecule has 2 spiro atoms. The van der Waals surface area contributed by atoms with Crippen molar-refractivity contribution in [2.75, 3.05) is 0 Å². The first-order valence-corrected chi connectivity index (χ1v) is 36.9. The Morgan fingerprint density at radius 3 is 0.833 bits per heavy atom. The van der Waals surface area contributed by atoms with Crippen LogP contribution in [0.3, 0.4) is 0 Å². The average Bonchev–Trinajstić information content (AvgIpc) is 1.42. The fraction of sp³-hybridized carbons (Fsp3) is 0.0400. The SMILES string of the molecule is c1ccc(-c2nc(-c3cccc(-c4ccc5c(c4)C4(c6ccccc6Oc6ccccc64)c4ccccc4-5)c3)nc(-c3ccc4c(c3)C3c5ccccc5C4c4cc(-c5nc(-c6ccccc6)nc(-c6cccc(-c7ccc8c(c7)C7(c9ccccc9Oc9ccccc97)c7ccccc7-8)c6)n5)ccc43)n2)cc1. The van der Waals surface area contributed by atoms with Crippen LogP contribution >= 0.6 is 0 Å². The van der Waals surface area contributed by atoms with Crippen molar-refractivity contribution in [1.82, 2.24) is 29.9 Å². The first-order chi connectivity index (χ1) is 53.5. The average molecular weight is 1380 g/mol. The van der Waals surface area contributed by atoms with Gasteiger partial charge in [-0.3, -0.25) is 0 Å². The molecule has 2 aliphatic heterocycles. The second-order valence-corrected chi connectivity index (χ2v) is 29.0. The van der Waals surface area contributed by atoms with Crippen LogP contribution in [0.2, 0.25) is 0 Å². The predicted molar refractivity (Wildman–Crippen MR) is 426 cm³/mol. The molecule has 0 saturated carbocycles. The van der Waals surface area contributed by atoms with Gasteiger partial charge in [-0.1, -0.05) is 291 Å². The highest BCUT2D eigenvalue weighted by atomic mass is 16.5. The van der Waals surface area contributed by atoms with Crippen molar-refractivity contribution in [3.63, 3.8) is 0 Å². The quantitative estimate of drug-likeness (QED) is 0.148. The van der Waals surface area contributed by atoms with E-state index in [1.54, 1.807) is 0 Å². The molecule has 15 aromatic carbocycles. The van der Waals surface area contributed by atoms with Gasteiger partial charge in [0, 0.05) is 67.5 Å². The maximum atomic E-state index is 6.69. The summed E-state index contributed by atoms with van der Waals surface area (Å²) in [5, 5.41) is 0. The topological polar surface area (TPSA) is 95.8 Å². The number of hydrogen-bond donors (Lipinski definition) is 0. The minimum absolute atomic E-state index is 0.0603. The number of para-hydroxylation sites is 4. The summed E-state index contributed by atoms with van der Waals surface area (Å²) in [6, 6.07) is 126. The van der Waals surface area contributed by atoms with Crippen molar-refractivity contribution in [3.05, 3.63) is 430 Å². The number of aromatic nitrogens is 6. The molecule has 502 valence electrons. The van der Waals surface area contributed by atoms with Crippen LogP contribution in [0.25, 0.3) is 113 Å². The molecule has 0 amide bonds. The van der Waals surface area contributed by atoms with E-state index in [0.717, 1.165) is 101 Å². The smallest absolute Gasteiger partial charge is 0.164 e. The monoisotopic (exact) mass is 1380 g/mol. The van der Waals surface area contributed by atoms with Crippen LogP contribution in [0.15, 0.2) is 352 Å². The zero-order valence-corrected chi connectivity index (χ0v) is 58.1. The van der Waals surface area contributed by atoms with Crippen LogP contribution < -0.4 is 9.47 Å². The standard InChI is InChI=1S/C100H60N6O2/c1-3-23-59(24-4-1)93-101-95(65-29-21-27-61(53-65)63-45-49-71-69-31-9-11-35-79(69)99(85(71)57-63)81-37-13-17-41-87(81)107-88-42-18-14-38-82(88)99)105-97(103-93)67-47-51-75-77(55-67)91-73-33-7-8-34-74(73)92(75)78-56-68(48-52-76(78)91)98-104-94(60-25-5-2-6-26-60)102-96(106-98)66-30-22-28-62(54-66)64-46-50-72-70-32-10-12-36-80(70)100(86(72)58-64)83-39-15-19-43-89(83)108-90-44-20-16-40-84(90)100/h1-58,91-92H. The van der Waals surface area contributed by atoms with E-state index < -0.39 is 10.8 Å². The molecule has 0 N–H and O–H groups in total. The number of nitrogens with zero attached hydrogens (tertiary/aromatic N) is 6. The minimum Gasteiger partial charge on any atom is -0.457 e. The van der Waals surface area contributed by atoms with Crippen LogP contribution in [-0.4, -0.2) is 29.9 Å². The lowest BCUT2D eigenvalue weighted by molar-refractivity contribution is 0.436.